The van der Waals surface area contributed by atoms with Crippen molar-refractivity contribution in [3.8, 4) is 0 Å². The first-order valence-corrected chi connectivity index (χ1v) is 5.24. The average Bonchev–Trinajstić information content (AvgIpc) is 2.34. The topological polar surface area (TPSA) is 49.3 Å². The first kappa shape index (κ1) is 15.4. The van der Waals surface area contributed by atoms with Crippen molar-refractivity contribution in [3.05, 3.63) is 34.6 Å². The smallest absolute Gasteiger partial charge is 0.257 e. The number of aliphatic hydroxyl groups is 1. The van der Waals surface area contributed by atoms with Gasteiger partial charge in [-0.05, 0) is 13.3 Å². The van der Waals surface area contributed by atoms with Gasteiger partial charge in [-0.15, -0.1) is 0 Å². The molecule has 0 saturated carbocycles. The maximum absolute atomic E-state index is 13.3. The number of amides is 1. The van der Waals surface area contributed by atoms with Gasteiger partial charge in [0.15, 0.2) is 23.3 Å². The van der Waals surface area contributed by atoms with Crippen LogP contribution >= 0.6 is 0 Å². The molecule has 0 aliphatic carbocycles. The minimum absolute atomic E-state index is 0.0706. The van der Waals surface area contributed by atoms with E-state index in [9.17, 15) is 26.7 Å². The van der Waals surface area contributed by atoms with Crippen molar-refractivity contribution in [1.82, 2.24) is 5.32 Å². The van der Waals surface area contributed by atoms with Crippen molar-refractivity contribution in [3.63, 3.8) is 0 Å². The second kappa shape index (κ2) is 5.96. The Labute approximate surface area is 105 Å². The van der Waals surface area contributed by atoms with Crippen LogP contribution in [0.25, 0.3) is 0 Å². The number of hydrogen-bond acceptors (Lipinski definition) is 2. The minimum atomic E-state index is -2.32. The van der Waals surface area contributed by atoms with Crippen LogP contribution in [0.3, 0.4) is 0 Å². The Balaban J connectivity index is 3.17. The molecular formula is C11H10F5NO2. The second-order valence-corrected chi connectivity index (χ2v) is 3.83. The molecule has 0 radical (unpaired) electrons. The van der Waals surface area contributed by atoms with Crippen LogP contribution in [0, 0.1) is 29.1 Å². The number of rotatable bonds is 4. The van der Waals surface area contributed by atoms with Crippen LogP contribution in [0.2, 0.25) is 0 Å². The second-order valence-electron chi connectivity index (χ2n) is 3.83. The highest BCUT2D eigenvalue weighted by atomic mass is 19.2. The van der Waals surface area contributed by atoms with E-state index >= 15 is 0 Å². The van der Waals surface area contributed by atoms with Crippen molar-refractivity contribution in [1.29, 1.82) is 0 Å². The van der Waals surface area contributed by atoms with Crippen molar-refractivity contribution < 1.29 is 31.9 Å². The molecule has 0 aliphatic heterocycles. The van der Waals surface area contributed by atoms with Gasteiger partial charge in [0.05, 0.1) is 0 Å². The van der Waals surface area contributed by atoms with Gasteiger partial charge in [0, 0.05) is 12.6 Å². The van der Waals surface area contributed by atoms with Crippen molar-refractivity contribution >= 4 is 5.91 Å². The molecule has 0 bridgehead atoms. The molecule has 2 N–H and O–H groups in total. The maximum Gasteiger partial charge on any atom is 0.257 e. The highest BCUT2D eigenvalue weighted by molar-refractivity contribution is 5.95. The molecule has 1 atom stereocenters. The maximum atomic E-state index is 13.3. The summed E-state index contributed by atoms with van der Waals surface area (Å²) in [5.41, 5.74) is -1.54. The van der Waals surface area contributed by atoms with Crippen LogP contribution in [0.5, 0.6) is 0 Å². The Bertz CT molecular complexity index is 477. The summed E-state index contributed by atoms with van der Waals surface area (Å²) in [5, 5.41) is 10.6. The molecular weight excluding hydrogens is 273 g/mol. The average molecular weight is 283 g/mol. The molecule has 0 heterocycles. The molecule has 106 valence electrons. The van der Waals surface area contributed by atoms with E-state index in [-0.39, 0.29) is 13.0 Å². The summed E-state index contributed by atoms with van der Waals surface area (Å²) in [6.45, 7) is 1.10. The lowest BCUT2D eigenvalue weighted by Crippen LogP contribution is -2.35. The number of aliphatic hydroxyl groups excluding tert-OH is 1. The van der Waals surface area contributed by atoms with Gasteiger partial charge in [-0.25, -0.2) is 22.0 Å². The monoisotopic (exact) mass is 283 g/mol. The molecule has 1 aromatic carbocycles. The van der Waals surface area contributed by atoms with Gasteiger partial charge >= 0.3 is 0 Å². The molecule has 1 rings (SSSR count). The van der Waals surface area contributed by atoms with E-state index in [1.165, 1.54) is 6.92 Å². The standard InChI is InChI=1S/C11H10F5NO2/c1-4(2-3-18)17-11(19)5-6(12)8(14)10(16)9(15)7(5)13/h4,18H,2-3H2,1H3,(H,17,19). The van der Waals surface area contributed by atoms with E-state index in [0.29, 0.717) is 0 Å². The summed E-state index contributed by atoms with van der Waals surface area (Å²) in [4.78, 5) is 11.5. The van der Waals surface area contributed by atoms with Crippen LogP contribution in [0.15, 0.2) is 0 Å². The van der Waals surface area contributed by atoms with Gasteiger partial charge in [0.1, 0.15) is 5.56 Å². The zero-order valence-electron chi connectivity index (χ0n) is 9.74. The van der Waals surface area contributed by atoms with Gasteiger partial charge in [-0.1, -0.05) is 0 Å². The molecule has 0 spiro atoms. The summed E-state index contributed by atoms with van der Waals surface area (Å²) in [7, 11) is 0. The fraction of sp³-hybridized carbons (Fsp3) is 0.364. The molecule has 1 amide bonds. The fourth-order valence-corrected chi connectivity index (χ4v) is 1.37. The molecule has 0 aliphatic rings. The van der Waals surface area contributed by atoms with Crippen molar-refractivity contribution in [2.45, 2.75) is 19.4 Å². The molecule has 3 nitrogen and oxygen atoms in total. The minimum Gasteiger partial charge on any atom is -0.396 e. The van der Waals surface area contributed by atoms with Gasteiger partial charge in [-0.2, -0.15) is 0 Å². The van der Waals surface area contributed by atoms with Gasteiger partial charge in [0.25, 0.3) is 5.91 Å². The molecule has 1 unspecified atom stereocenters. The van der Waals surface area contributed by atoms with E-state index in [2.05, 4.69) is 0 Å². The Morgan fingerprint density at radius 1 is 1.05 bits per heavy atom. The molecule has 1 aromatic rings. The molecule has 0 fully saturated rings. The predicted octanol–water partition coefficient (Wildman–Crippen LogP) is 1.88. The Kier molecular flexibility index (Phi) is 4.82. The summed E-state index contributed by atoms with van der Waals surface area (Å²) < 4.78 is 65.0. The fourth-order valence-electron chi connectivity index (χ4n) is 1.37. The Morgan fingerprint density at radius 2 is 1.47 bits per heavy atom. The summed E-state index contributed by atoms with van der Waals surface area (Å²) in [6.07, 6.45) is 0.0706. The third kappa shape index (κ3) is 3.01. The Morgan fingerprint density at radius 3 is 1.89 bits per heavy atom. The zero-order chi connectivity index (χ0) is 14.7. The van der Waals surface area contributed by atoms with Crippen LogP contribution in [0.4, 0.5) is 22.0 Å². The van der Waals surface area contributed by atoms with E-state index < -0.39 is 46.6 Å². The SMILES string of the molecule is CC(CCO)NC(=O)c1c(F)c(F)c(F)c(F)c1F. The van der Waals surface area contributed by atoms with E-state index in [4.69, 9.17) is 5.11 Å². The highest BCUT2D eigenvalue weighted by Gasteiger charge is 2.30. The number of carbonyl (C=O) groups excluding carboxylic acids is 1. The zero-order valence-corrected chi connectivity index (χ0v) is 9.74. The lowest BCUT2D eigenvalue weighted by atomic mass is 10.1. The van der Waals surface area contributed by atoms with Crippen LogP contribution < -0.4 is 5.32 Å². The van der Waals surface area contributed by atoms with Crippen LogP contribution in [-0.4, -0.2) is 23.7 Å². The largest absolute Gasteiger partial charge is 0.396 e. The lowest BCUT2D eigenvalue weighted by molar-refractivity contribution is 0.0922. The predicted molar refractivity (Wildman–Crippen MR) is 54.9 cm³/mol. The van der Waals surface area contributed by atoms with E-state index in [0.717, 1.165) is 0 Å². The molecule has 0 saturated heterocycles. The number of benzene rings is 1. The first-order valence-electron chi connectivity index (χ1n) is 5.24. The van der Waals surface area contributed by atoms with Crippen molar-refractivity contribution in [2.24, 2.45) is 0 Å². The third-order valence-corrected chi connectivity index (χ3v) is 2.38. The summed E-state index contributed by atoms with van der Waals surface area (Å²) in [6, 6.07) is -0.688. The summed E-state index contributed by atoms with van der Waals surface area (Å²) in [5.74, 6) is -12.5. The molecule has 19 heavy (non-hydrogen) atoms. The van der Waals surface area contributed by atoms with Crippen LogP contribution in [-0.2, 0) is 0 Å². The van der Waals surface area contributed by atoms with E-state index in [1.54, 1.807) is 0 Å². The number of halogens is 5. The van der Waals surface area contributed by atoms with E-state index in [1.807, 2.05) is 5.32 Å². The van der Waals surface area contributed by atoms with Crippen molar-refractivity contribution in [2.75, 3.05) is 6.61 Å². The normalized spacial score (nSPS) is 12.4. The Hall–Kier alpha value is -1.70. The van der Waals surface area contributed by atoms with Gasteiger partial charge in [0.2, 0.25) is 5.82 Å². The number of nitrogens with one attached hydrogen (secondary N) is 1. The lowest BCUT2D eigenvalue weighted by Gasteiger charge is -2.13. The highest BCUT2D eigenvalue weighted by Crippen LogP contribution is 2.23. The van der Waals surface area contributed by atoms with Gasteiger partial charge < -0.3 is 10.4 Å². The quantitative estimate of drug-likeness (QED) is 0.503. The first-order chi connectivity index (χ1) is 8.81. The molecule has 0 aromatic heterocycles. The van der Waals surface area contributed by atoms with Gasteiger partial charge in [-0.3, -0.25) is 4.79 Å². The summed E-state index contributed by atoms with van der Waals surface area (Å²) >= 11 is 0. The third-order valence-electron chi connectivity index (χ3n) is 2.38. The number of hydrogen-bond donors (Lipinski definition) is 2. The number of carbonyl (C=O) groups is 1. The van der Waals surface area contributed by atoms with Crippen LogP contribution in [0.1, 0.15) is 23.7 Å². The molecule has 8 heteroatoms.